The summed E-state index contributed by atoms with van der Waals surface area (Å²) in [5.74, 6) is 1.78. The molecule has 0 aromatic carbocycles. The van der Waals surface area contributed by atoms with E-state index in [-0.39, 0.29) is 5.91 Å². The summed E-state index contributed by atoms with van der Waals surface area (Å²) < 4.78 is 2.21. The number of imidazole rings is 1. The van der Waals surface area contributed by atoms with Gasteiger partial charge in [-0.15, -0.1) is 0 Å². The fraction of sp³-hybridized carbons (Fsp3) is 0.429. The van der Waals surface area contributed by atoms with Gasteiger partial charge < -0.3 is 9.47 Å². The lowest BCUT2D eigenvalue weighted by molar-refractivity contribution is 0.0764. The van der Waals surface area contributed by atoms with Gasteiger partial charge in [-0.3, -0.25) is 4.79 Å². The molecule has 0 saturated carbocycles. The predicted octanol–water partition coefficient (Wildman–Crippen LogP) is 2.28. The number of rotatable bonds is 3. The van der Waals surface area contributed by atoms with Crippen LogP contribution in [0.3, 0.4) is 0 Å². The van der Waals surface area contributed by atoms with Crippen LogP contribution < -0.4 is 0 Å². The summed E-state index contributed by atoms with van der Waals surface area (Å²) in [5, 5.41) is 3.85. The molecule has 0 unspecified atom stereocenters. The predicted molar refractivity (Wildman–Crippen MR) is 75.3 cm³/mol. The molecule has 0 saturated heterocycles. The van der Waals surface area contributed by atoms with Crippen molar-refractivity contribution in [2.24, 2.45) is 5.92 Å². The lowest BCUT2D eigenvalue weighted by atomic mass is 9.97. The van der Waals surface area contributed by atoms with E-state index in [9.17, 15) is 4.79 Å². The van der Waals surface area contributed by atoms with Crippen LogP contribution in [0, 0.1) is 5.92 Å². The highest BCUT2D eigenvalue weighted by atomic mass is 32.1. The normalized spacial score (nSPS) is 18.1. The number of amides is 1. The van der Waals surface area contributed by atoms with E-state index in [1.165, 1.54) is 0 Å². The fourth-order valence-corrected chi connectivity index (χ4v) is 3.28. The van der Waals surface area contributed by atoms with Crippen LogP contribution in [-0.4, -0.2) is 34.0 Å². The molecule has 1 aliphatic heterocycles. The van der Waals surface area contributed by atoms with Crippen molar-refractivity contribution in [3.8, 4) is 0 Å². The third-order valence-electron chi connectivity index (χ3n) is 3.70. The molecule has 0 fully saturated rings. The van der Waals surface area contributed by atoms with Crippen molar-refractivity contribution >= 4 is 17.2 Å². The molecular weight excluding hydrogens is 258 g/mol. The summed E-state index contributed by atoms with van der Waals surface area (Å²) in [6.07, 6.45) is 5.97. The molecule has 0 bridgehead atoms. The Morgan fingerprint density at radius 1 is 1.63 bits per heavy atom. The van der Waals surface area contributed by atoms with Gasteiger partial charge in [0.05, 0.1) is 5.56 Å². The number of aromatic nitrogens is 2. The average Bonchev–Trinajstić information content (AvgIpc) is 3.08. The molecular formula is C14H17N3OS. The van der Waals surface area contributed by atoms with Crippen LogP contribution in [-0.2, 0) is 13.0 Å². The van der Waals surface area contributed by atoms with Crippen molar-refractivity contribution in [2.75, 3.05) is 13.6 Å². The van der Waals surface area contributed by atoms with Crippen LogP contribution in [0.4, 0.5) is 0 Å². The third kappa shape index (κ3) is 2.56. The first-order valence-corrected chi connectivity index (χ1v) is 7.46. The maximum Gasteiger partial charge on any atom is 0.254 e. The van der Waals surface area contributed by atoms with E-state index in [0.29, 0.717) is 5.92 Å². The molecule has 0 spiro atoms. The van der Waals surface area contributed by atoms with Crippen molar-refractivity contribution in [3.63, 3.8) is 0 Å². The molecule has 1 atom stereocenters. The Morgan fingerprint density at radius 3 is 3.32 bits per heavy atom. The fourth-order valence-electron chi connectivity index (χ4n) is 2.65. The summed E-state index contributed by atoms with van der Waals surface area (Å²) >= 11 is 1.56. The van der Waals surface area contributed by atoms with Gasteiger partial charge in [-0.1, -0.05) is 0 Å². The van der Waals surface area contributed by atoms with Crippen molar-refractivity contribution < 1.29 is 4.79 Å². The molecule has 2 aromatic rings. The van der Waals surface area contributed by atoms with Gasteiger partial charge in [0.2, 0.25) is 0 Å². The minimum absolute atomic E-state index is 0.121. The van der Waals surface area contributed by atoms with E-state index in [2.05, 4.69) is 9.55 Å². The number of nitrogens with zero attached hydrogens (tertiary/aromatic N) is 3. The minimum atomic E-state index is 0.121. The van der Waals surface area contributed by atoms with Gasteiger partial charge >= 0.3 is 0 Å². The summed E-state index contributed by atoms with van der Waals surface area (Å²) in [5.41, 5.74) is 0.796. The van der Waals surface area contributed by atoms with E-state index in [1.807, 2.05) is 41.2 Å². The first-order chi connectivity index (χ1) is 9.24. The minimum Gasteiger partial charge on any atom is -0.341 e. The standard InChI is InChI=1S/C14H17N3OS/c1-16(14(18)12-3-7-19-10-12)9-11-2-5-17-6-4-15-13(17)8-11/h3-4,6-7,10-11H,2,5,8-9H2,1H3/t11-/m0/s1. The van der Waals surface area contributed by atoms with Gasteiger partial charge in [-0.25, -0.2) is 4.98 Å². The molecule has 0 radical (unpaired) electrons. The number of carbonyl (C=O) groups excluding carboxylic acids is 1. The van der Waals surface area contributed by atoms with Gasteiger partial charge in [0.15, 0.2) is 0 Å². The molecule has 5 heteroatoms. The summed E-state index contributed by atoms with van der Waals surface area (Å²) in [4.78, 5) is 18.4. The second-order valence-corrected chi connectivity index (χ2v) is 5.87. The van der Waals surface area contributed by atoms with E-state index in [0.717, 1.165) is 37.3 Å². The van der Waals surface area contributed by atoms with Gasteiger partial charge in [0.25, 0.3) is 5.91 Å². The van der Waals surface area contributed by atoms with E-state index < -0.39 is 0 Å². The van der Waals surface area contributed by atoms with E-state index in [4.69, 9.17) is 0 Å². The zero-order valence-electron chi connectivity index (χ0n) is 11.0. The van der Waals surface area contributed by atoms with Gasteiger partial charge in [0.1, 0.15) is 5.82 Å². The number of hydrogen-bond donors (Lipinski definition) is 0. The Hall–Kier alpha value is -1.62. The number of hydrogen-bond acceptors (Lipinski definition) is 3. The van der Waals surface area contributed by atoms with Crippen LogP contribution in [0.15, 0.2) is 29.2 Å². The van der Waals surface area contributed by atoms with Crippen molar-refractivity contribution in [1.82, 2.24) is 14.5 Å². The molecule has 0 N–H and O–H groups in total. The molecule has 3 rings (SSSR count). The highest BCUT2D eigenvalue weighted by Crippen LogP contribution is 2.20. The van der Waals surface area contributed by atoms with Gasteiger partial charge in [-0.05, 0) is 23.8 Å². The molecule has 0 aliphatic carbocycles. The third-order valence-corrected chi connectivity index (χ3v) is 4.38. The smallest absolute Gasteiger partial charge is 0.254 e. The Kier molecular flexibility index (Phi) is 3.38. The van der Waals surface area contributed by atoms with Crippen LogP contribution in [0.5, 0.6) is 0 Å². The van der Waals surface area contributed by atoms with Gasteiger partial charge in [0, 0.05) is 44.3 Å². The Balaban J connectivity index is 1.62. The second kappa shape index (κ2) is 5.17. The molecule has 1 aliphatic rings. The SMILES string of the molecule is CN(C[C@H]1CCn2ccnc2C1)C(=O)c1ccsc1. The zero-order chi connectivity index (χ0) is 13.2. The highest BCUT2D eigenvalue weighted by molar-refractivity contribution is 7.08. The summed E-state index contributed by atoms with van der Waals surface area (Å²) in [6, 6.07) is 1.89. The summed E-state index contributed by atoms with van der Waals surface area (Å²) in [7, 11) is 1.89. The molecule has 4 nitrogen and oxygen atoms in total. The first kappa shape index (κ1) is 12.4. The maximum atomic E-state index is 12.2. The van der Waals surface area contributed by atoms with Crippen molar-refractivity contribution in [1.29, 1.82) is 0 Å². The Bertz CT molecular complexity index is 561. The number of thiophene rings is 1. The largest absolute Gasteiger partial charge is 0.341 e. The van der Waals surface area contributed by atoms with E-state index in [1.54, 1.807) is 11.3 Å². The topological polar surface area (TPSA) is 38.1 Å². The average molecular weight is 275 g/mol. The zero-order valence-corrected chi connectivity index (χ0v) is 11.8. The molecule has 1 amide bonds. The second-order valence-electron chi connectivity index (χ2n) is 5.09. The number of carbonyl (C=O) groups is 1. The lowest BCUT2D eigenvalue weighted by Crippen LogP contribution is -2.34. The van der Waals surface area contributed by atoms with E-state index >= 15 is 0 Å². The van der Waals surface area contributed by atoms with Crippen LogP contribution in [0.1, 0.15) is 22.6 Å². The maximum absolute atomic E-state index is 12.2. The van der Waals surface area contributed by atoms with Crippen LogP contribution in [0.25, 0.3) is 0 Å². The lowest BCUT2D eigenvalue weighted by Gasteiger charge is -2.27. The quantitative estimate of drug-likeness (QED) is 0.862. The Labute approximate surface area is 116 Å². The highest BCUT2D eigenvalue weighted by Gasteiger charge is 2.22. The van der Waals surface area contributed by atoms with Crippen molar-refractivity contribution in [2.45, 2.75) is 19.4 Å². The Morgan fingerprint density at radius 2 is 2.53 bits per heavy atom. The van der Waals surface area contributed by atoms with Crippen LogP contribution >= 0.6 is 11.3 Å². The summed E-state index contributed by atoms with van der Waals surface area (Å²) in [6.45, 7) is 1.82. The molecule has 2 aromatic heterocycles. The van der Waals surface area contributed by atoms with Crippen LogP contribution in [0.2, 0.25) is 0 Å². The first-order valence-electron chi connectivity index (χ1n) is 6.51. The monoisotopic (exact) mass is 275 g/mol. The molecule has 3 heterocycles. The number of fused-ring (bicyclic) bond motifs is 1. The van der Waals surface area contributed by atoms with Gasteiger partial charge in [-0.2, -0.15) is 11.3 Å². The number of aryl methyl sites for hydroxylation is 1. The molecule has 100 valence electrons. The molecule has 19 heavy (non-hydrogen) atoms. The van der Waals surface area contributed by atoms with Crippen molar-refractivity contribution in [3.05, 3.63) is 40.6 Å².